The summed E-state index contributed by atoms with van der Waals surface area (Å²) in [4.78, 5) is 36.2. The molecule has 110 valence electrons. The van der Waals surface area contributed by atoms with Crippen molar-refractivity contribution >= 4 is 5.91 Å². The second kappa shape index (κ2) is 6.67. The van der Waals surface area contributed by atoms with E-state index in [9.17, 15) is 14.4 Å². The molecule has 1 amide bonds. The van der Waals surface area contributed by atoms with Crippen LogP contribution in [0.25, 0.3) is 0 Å². The number of aliphatic hydroxyl groups is 1. The summed E-state index contributed by atoms with van der Waals surface area (Å²) in [6.45, 7) is 0.134. The molecule has 0 aliphatic heterocycles. The van der Waals surface area contributed by atoms with Gasteiger partial charge < -0.3 is 10.4 Å². The van der Waals surface area contributed by atoms with Crippen LogP contribution in [0.4, 0.5) is 0 Å². The molecule has 2 rings (SSSR count). The smallest absolute Gasteiger partial charge is 0.328 e. The Kier molecular flexibility index (Phi) is 4.68. The summed E-state index contributed by atoms with van der Waals surface area (Å²) < 4.78 is 1.12. The van der Waals surface area contributed by atoms with E-state index in [0.717, 1.165) is 15.7 Å². The fourth-order valence-electron chi connectivity index (χ4n) is 1.74. The average molecular weight is 289 g/mol. The van der Waals surface area contributed by atoms with Crippen molar-refractivity contribution in [3.63, 3.8) is 0 Å². The highest BCUT2D eigenvalue weighted by atomic mass is 16.3. The fourth-order valence-corrected chi connectivity index (χ4v) is 1.74. The molecule has 1 aromatic carbocycles. The first kappa shape index (κ1) is 14.7. The largest absolute Gasteiger partial charge is 0.392 e. The van der Waals surface area contributed by atoms with Gasteiger partial charge in [-0.25, -0.2) is 4.79 Å². The highest BCUT2D eigenvalue weighted by Crippen LogP contribution is 2.03. The summed E-state index contributed by atoms with van der Waals surface area (Å²) >= 11 is 0. The lowest BCUT2D eigenvalue weighted by Gasteiger charge is -2.07. The number of aromatic nitrogens is 2. The molecule has 0 aliphatic rings. The number of nitrogens with zero attached hydrogens (tertiary/aromatic N) is 1. The Balaban J connectivity index is 1.92. The summed E-state index contributed by atoms with van der Waals surface area (Å²) in [5.74, 6) is -0.338. The van der Waals surface area contributed by atoms with E-state index < -0.39 is 11.2 Å². The van der Waals surface area contributed by atoms with E-state index in [-0.39, 0.29) is 19.1 Å². The molecule has 1 heterocycles. The van der Waals surface area contributed by atoms with Crippen LogP contribution in [-0.4, -0.2) is 20.6 Å². The van der Waals surface area contributed by atoms with Gasteiger partial charge in [-0.15, -0.1) is 0 Å². The van der Waals surface area contributed by atoms with Crippen LogP contribution in [0, 0.1) is 0 Å². The first-order valence-corrected chi connectivity index (χ1v) is 6.33. The van der Waals surface area contributed by atoms with Gasteiger partial charge in [-0.1, -0.05) is 24.3 Å². The maximum atomic E-state index is 11.7. The molecule has 3 N–H and O–H groups in total. The zero-order chi connectivity index (χ0) is 15.2. The van der Waals surface area contributed by atoms with Gasteiger partial charge in [0, 0.05) is 18.8 Å². The zero-order valence-corrected chi connectivity index (χ0v) is 11.2. The lowest BCUT2D eigenvalue weighted by Crippen LogP contribution is -2.35. The highest BCUT2D eigenvalue weighted by molar-refractivity contribution is 5.75. The van der Waals surface area contributed by atoms with Gasteiger partial charge in [0.15, 0.2) is 0 Å². The van der Waals surface area contributed by atoms with Crippen molar-refractivity contribution in [2.75, 3.05) is 0 Å². The van der Waals surface area contributed by atoms with E-state index in [1.165, 1.54) is 12.3 Å². The van der Waals surface area contributed by atoms with Gasteiger partial charge in [-0.2, -0.15) is 0 Å². The van der Waals surface area contributed by atoms with E-state index >= 15 is 0 Å². The highest BCUT2D eigenvalue weighted by Gasteiger charge is 2.04. The summed E-state index contributed by atoms with van der Waals surface area (Å²) in [5, 5.41) is 11.6. The molecule has 0 atom stereocenters. The van der Waals surface area contributed by atoms with Crippen LogP contribution in [0.1, 0.15) is 11.1 Å². The minimum Gasteiger partial charge on any atom is -0.392 e. The Bertz CT molecular complexity index is 731. The van der Waals surface area contributed by atoms with Crippen molar-refractivity contribution in [3.05, 3.63) is 68.5 Å². The number of carbonyl (C=O) groups is 1. The van der Waals surface area contributed by atoms with E-state index in [4.69, 9.17) is 5.11 Å². The minimum atomic E-state index is -0.620. The molecule has 21 heavy (non-hydrogen) atoms. The van der Waals surface area contributed by atoms with Gasteiger partial charge in [0.1, 0.15) is 6.54 Å². The number of H-pyrrole nitrogens is 1. The van der Waals surface area contributed by atoms with Crippen LogP contribution in [0.2, 0.25) is 0 Å². The van der Waals surface area contributed by atoms with Crippen LogP contribution >= 0.6 is 0 Å². The lowest BCUT2D eigenvalue weighted by atomic mass is 10.1. The van der Waals surface area contributed by atoms with Crippen molar-refractivity contribution in [3.8, 4) is 0 Å². The van der Waals surface area contributed by atoms with Crippen LogP contribution in [0.5, 0.6) is 0 Å². The molecule has 7 heteroatoms. The third-order valence-electron chi connectivity index (χ3n) is 2.91. The molecule has 0 spiro atoms. The number of hydrogen-bond acceptors (Lipinski definition) is 4. The quantitative estimate of drug-likeness (QED) is 0.680. The van der Waals surface area contributed by atoms with Gasteiger partial charge >= 0.3 is 5.69 Å². The molecule has 7 nitrogen and oxygen atoms in total. The van der Waals surface area contributed by atoms with Crippen molar-refractivity contribution in [1.82, 2.24) is 14.9 Å². The molecule has 0 saturated heterocycles. The maximum absolute atomic E-state index is 11.7. The third-order valence-corrected chi connectivity index (χ3v) is 2.91. The lowest BCUT2D eigenvalue weighted by molar-refractivity contribution is -0.121. The van der Waals surface area contributed by atoms with E-state index in [2.05, 4.69) is 10.3 Å². The molecule has 0 aliphatic carbocycles. The number of aliphatic hydroxyl groups excluding tert-OH is 1. The first-order valence-electron chi connectivity index (χ1n) is 6.33. The molecule has 0 unspecified atom stereocenters. The number of nitrogens with one attached hydrogen (secondary N) is 2. The fraction of sp³-hybridized carbons (Fsp3) is 0.214. The van der Waals surface area contributed by atoms with Gasteiger partial charge in [-0.05, 0) is 11.1 Å². The normalized spacial score (nSPS) is 10.3. The number of hydrogen-bond donors (Lipinski definition) is 3. The molecular formula is C14H15N3O4. The standard InChI is InChI=1S/C14H15N3O4/c18-9-11-3-1-10(2-4-11)7-15-13(20)8-17-6-5-12(19)16-14(17)21/h1-6,18H,7-9H2,(H,15,20)(H,16,19,21). The Morgan fingerprint density at radius 2 is 1.81 bits per heavy atom. The first-order chi connectivity index (χ1) is 10.1. The SMILES string of the molecule is O=C(Cn1ccc(=O)[nH]c1=O)NCc1ccc(CO)cc1. The van der Waals surface area contributed by atoms with E-state index in [1.807, 2.05) is 0 Å². The zero-order valence-electron chi connectivity index (χ0n) is 11.2. The van der Waals surface area contributed by atoms with E-state index in [1.54, 1.807) is 24.3 Å². The minimum absolute atomic E-state index is 0.0260. The van der Waals surface area contributed by atoms with Crippen molar-refractivity contribution in [2.24, 2.45) is 0 Å². The topological polar surface area (TPSA) is 104 Å². The predicted octanol–water partition coefficient (Wildman–Crippen LogP) is -0.655. The van der Waals surface area contributed by atoms with Gasteiger partial charge in [0.2, 0.25) is 5.91 Å². The second-order valence-electron chi connectivity index (χ2n) is 4.49. The molecular weight excluding hydrogens is 274 g/mol. The van der Waals surface area contributed by atoms with Crippen molar-refractivity contribution in [1.29, 1.82) is 0 Å². The number of benzene rings is 1. The summed E-state index contributed by atoms with van der Waals surface area (Å²) in [6.07, 6.45) is 1.27. The number of aromatic amines is 1. The van der Waals surface area contributed by atoms with Crippen LogP contribution in [0.3, 0.4) is 0 Å². The van der Waals surface area contributed by atoms with E-state index in [0.29, 0.717) is 6.54 Å². The molecule has 0 radical (unpaired) electrons. The molecule has 2 aromatic rings. The van der Waals surface area contributed by atoms with Gasteiger partial charge in [0.05, 0.1) is 6.61 Å². The molecule has 0 bridgehead atoms. The second-order valence-corrected chi connectivity index (χ2v) is 4.49. The van der Waals surface area contributed by atoms with Crippen molar-refractivity contribution in [2.45, 2.75) is 19.7 Å². The summed E-state index contributed by atoms with van der Waals surface area (Å²) in [7, 11) is 0. The Labute approximate surface area is 119 Å². The molecule has 0 saturated carbocycles. The third kappa shape index (κ3) is 4.15. The summed E-state index contributed by atoms with van der Waals surface area (Å²) in [6, 6.07) is 8.33. The average Bonchev–Trinajstić information content (AvgIpc) is 2.48. The number of carbonyl (C=O) groups excluding carboxylic acids is 1. The van der Waals surface area contributed by atoms with Crippen molar-refractivity contribution < 1.29 is 9.90 Å². The maximum Gasteiger partial charge on any atom is 0.328 e. The van der Waals surface area contributed by atoms with Crippen LogP contribution in [-0.2, 0) is 24.5 Å². The van der Waals surface area contributed by atoms with Gasteiger partial charge in [0.25, 0.3) is 5.56 Å². The molecule has 0 fully saturated rings. The monoisotopic (exact) mass is 289 g/mol. The number of amides is 1. The van der Waals surface area contributed by atoms with Crippen LogP contribution in [0.15, 0.2) is 46.1 Å². The Morgan fingerprint density at radius 3 is 2.43 bits per heavy atom. The number of rotatable bonds is 5. The molecule has 1 aromatic heterocycles. The van der Waals surface area contributed by atoms with Crippen LogP contribution < -0.4 is 16.6 Å². The Hall–Kier alpha value is -2.67. The summed E-state index contributed by atoms with van der Waals surface area (Å²) in [5.41, 5.74) is 0.560. The van der Waals surface area contributed by atoms with Gasteiger partial charge in [-0.3, -0.25) is 19.1 Å². The Morgan fingerprint density at radius 1 is 1.14 bits per heavy atom. The predicted molar refractivity (Wildman–Crippen MR) is 75.5 cm³/mol.